The zero-order chi connectivity index (χ0) is 30.8. The molecule has 19 heteroatoms. The lowest BCUT2D eigenvalue weighted by Gasteiger charge is -2.33. The predicted octanol–water partition coefficient (Wildman–Crippen LogP) is 5.11. The number of amides is 2. The van der Waals surface area contributed by atoms with E-state index in [1.54, 1.807) is 0 Å². The first kappa shape index (κ1) is 31.5. The molecule has 0 aliphatic heterocycles. The number of carbonyl (C=O) groups excluding carboxylic acids is 1. The quantitative estimate of drug-likeness (QED) is 0.339. The van der Waals surface area contributed by atoms with E-state index in [-0.39, 0.29) is 33.6 Å². The lowest BCUT2D eigenvalue weighted by Crippen LogP contribution is -2.54. The van der Waals surface area contributed by atoms with E-state index >= 15 is 0 Å². The molecule has 0 saturated carbocycles. The number of hydrogen-bond donors (Lipinski definition) is 1. The second-order valence-electron chi connectivity index (χ2n) is 8.37. The Bertz CT molecular complexity index is 1360. The van der Waals surface area contributed by atoms with Crippen molar-refractivity contribution < 1.29 is 53.8 Å². The van der Waals surface area contributed by atoms with E-state index in [1.807, 2.05) is 0 Å². The minimum Gasteiger partial charge on any atom is -0.493 e. The first-order valence-corrected chi connectivity index (χ1v) is 11.6. The summed E-state index contributed by atoms with van der Waals surface area (Å²) in [5.74, 6) is -1.26. The molecule has 0 spiro atoms. The molecule has 0 fully saturated rings. The highest BCUT2D eigenvalue weighted by Gasteiger charge is 2.50. The summed E-state index contributed by atoms with van der Waals surface area (Å²) in [6.07, 6.45) is -14.2. The molecule has 10 nitrogen and oxygen atoms in total. The third kappa shape index (κ3) is 7.37. The Morgan fingerprint density at radius 1 is 1.02 bits per heavy atom. The number of ether oxygens (including phenoxy) is 2. The largest absolute Gasteiger partial charge is 0.493 e. The van der Waals surface area contributed by atoms with E-state index in [0.29, 0.717) is 0 Å². The zero-order valence-corrected chi connectivity index (χ0v) is 21.4. The van der Waals surface area contributed by atoms with Crippen LogP contribution in [0.3, 0.4) is 0 Å². The molecule has 2 atom stereocenters. The number of fused-ring (bicyclic) bond motifs is 1. The van der Waals surface area contributed by atoms with Crippen molar-refractivity contribution in [2.75, 3.05) is 20.8 Å². The minimum absolute atomic E-state index is 0.0336. The van der Waals surface area contributed by atoms with Crippen molar-refractivity contribution in [1.82, 2.24) is 34.6 Å². The highest BCUT2D eigenvalue weighted by Crippen LogP contribution is 2.39. The van der Waals surface area contributed by atoms with Crippen molar-refractivity contribution in [3.05, 3.63) is 30.6 Å². The molecule has 0 saturated heterocycles. The molecule has 0 aromatic carbocycles. The summed E-state index contributed by atoms with van der Waals surface area (Å²) in [5.41, 5.74) is -0.114. The molecular formula is C22H22F9N7O3. The second kappa shape index (κ2) is 11.8. The number of nitrogens with zero attached hydrogens (tertiary/aromatic N) is 6. The van der Waals surface area contributed by atoms with Gasteiger partial charge in [-0.2, -0.15) is 39.5 Å². The summed E-state index contributed by atoms with van der Waals surface area (Å²) in [6.45, 7) is 0.206. The van der Waals surface area contributed by atoms with E-state index in [2.05, 4.69) is 19.9 Å². The number of urea groups is 1. The molecule has 226 valence electrons. The number of carbonyl (C=O) groups is 1. The van der Waals surface area contributed by atoms with Crippen LogP contribution in [0.2, 0.25) is 0 Å². The standard InChI is InChI=1S/C22H22F9N7O3/c1-4-38(19(39)35-13(21(26,27)28)5-6-20(23,24)25)15(22(29,30)31)16-33-9-12(40-2)14(36-16)11-10-37-8-7-32-17(37)18(34-11)41-3/h7-10,13,15H,4-6H2,1-3H3,(H,35,39)/t13-,15?/m0/s1. The second-order valence-corrected chi connectivity index (χ2v) is 8.37. The maximum absolute atomic E-state index is 14.3. The monoisotopic (exact) mass is 603 g/mol. The van der Waals surface area contributed by atoms with Crippen LogP contribution in [0.15, 0.2) is 24.8 Å². The van der Waals surface area contributed by atoms with Crippen molar-refractivity contribution in [2.45, 2.75) is 50.4 Å². The molecule has 0 radical (unpaired) electrons. The van der Waals surface area contributed by atoms with Gasteiger partial charge < -0.3 is 24.1 Å². The van der Waals surface area contributed by atoms with Gasteiger partial charge in [0.25, 0.3) is 5.88 Å². The number of methoxy groups -OCH3 is 2. The van der Waals surface area contributed by atoms with Crippen LogP contribution in [-0.4, -0.2) is 80.6 Å². The van der Waals surface area contributed by atoms with Crippen molar-refractivity contribution in [1.29, 1.82) is 0 Å². The van der Waals surface area contributed by atoms with Crippen LogP contribution in [0, 0.1) is 0 Å². The summed E-state index contributed by atoms with van der Waals surface area (Å²) in [5, 5.41) is 1.25. The molecule has 0 aliphatic carbocycles. The Morgan fingerprint density at radius 2 is 1.71 bits per heavy atom. The molecule has 3 aromatic heterocycles. The molecule has 3 rings (SSSR count). The van der Waals surface area contributed by atoms with Crippen molar-refractivity contribution in [3.63, 3.8) is 0 Å². The molecule has 2 amide bonds. The van der Waals surface area contributed by atoms with Crippen molar-refractivity contribution in [2.24, 2.45) is 0 Å². The van der Waals surface area contributed by atoms with Gasteiger partial charge in [0.05, 0.1) is 20.4 Å². The fourth-order valence-electron chi connectivity index (χ4n) is 3.77. The van der Waals surface area contributed by atoms with Crippen LogP contribution < -0.4 is 14.8 Å². The van der Waals surface area contributed by atoms with Crippen LogP contribution in [0.5, 0.6) is 11.6 Å². The highest BCUT2D eigenvalue weighted by atomic mass is 19.4. The number of halogens is 9. The maximum atomic E-state index is 14.3. The number of aromatic nitrogens is 5. The third-order valence-corrected chi connectivity index (χ3v) is 5.65. The Morgan fingerprint density at radius 3 is 2.24 bits per heavy atom. The van der Waals surface area contributed by atoms with Crippen LogP contribution >= 0.6 is 0 Å². The van der Waals surface area contributed by atoms with Gasteiger partial charge in [-0.05, 0) is 13.3 Å². The van der Waals surface area contributed by atoms with Crippen LogP contribution in [-0.2, 0) is 0 Å². The number of imidazole rings is 1. The van der Waals surface area contributed by atoms with E-state index in [0.717, 1.165) is 13.1 Å². The summed E-state index contributed by atoms with van der Waals surface area (Å²) < 4.78 is 132. The number of rotatable bonds is 9. The topological polar surface area (TPSA) is 107 Å². The Kier molecular flexibility index (Phi) is 9.07. The Labute approximate surface area is 225 Å². The molecule has 0 bridgehead atoms. The molecular weight excluding hydrogens is 581 g/mol. The van der Waals surface area contributed by atoms with E-state index in [9.17, 15) is 44.3 Å². The van der Waals surface area contributed by atoms with Crippen molar-refractivity contribution >= 4 is 11.7 Å². The number of alkyl halides is 9. The smallest absolute Gasteiger partial charge is 0.416 e. The Balaban J connectivity index is 2.06. The molecule has 0 aliphatic rings. The lowest BCUT2D eigenvalue weighted by molar-refractivity contribution is -0.182. The molecule has 41 heavy (non-hydrogen) atoms. The molecule has 1 unspecified atom stereocenters. The predicted molar refractivity (Wildman–Crippen MR) is 122 cm³/mol. The van der Waals surface area contributed by atoms with Gasteiger partial charge in [-0.1, -0.05) is 0 Å². The van der Waals surface area contributed by atoms with Gasteiger partial charge in [0.15, 0.2) is 23.3 Å². The normalized spacial score (nSPS) is 14.0. The minimum atomic E-state index is -5.38. The fraction of sp³-hybridized carbons (Fsp3) is 0.500. The van der Waals surface area contributed by atoms with Crippen LogP contribution in [0.25, 0.3) is 17.0 Å². The zero-order valence-electron chi connectivity index (χ0n) is 21.4. The SMILES string of the molecule is CCN(C(=O)N[C@@H](CCC(F)(F)F)C(F)(F)F)C(c1ncc(OC)c(-c2cn3ccnc3c(OC)n2)n1)C(F)(F)F. The van der Waals surface area contributed by atoms with Gasteiger partial charge in [-0.15, -0.1) is 0 Å². The fourth-order valence-corrected chi connectivity index (χ4v) is 3.77. The first-order valence-electron chi connectivity index (χ1n) is 11.6. The van der Waals surface area contributed by atoms with E-state index < -0.39 is 61.9 Å². The Hall–Kier alpha value is -4.06. The van der Waals surface area contributed by atoms with E-state index in [1.165, 1.54) is 42.5 Å². The maximum Gasteiger partial charge on any atom is 0.416 e. The third-order valence-electron chi connectivity index (χ3n) is 5.65. The molecule has 3 heterocycles. The van der Waals surface area contributed by atoms with Gasteiger partial charge in [-0.3, -0.25) is 0 Å². The molecule has 3 aromatic rings. The highest BCUT2D eigenvalue weighted by molar-refractivity contribution is 5.75. The van der Waals surface area contributed by atoms with Gasteiger partial charge in [0.2, 0.25) is 0 Å². The van der Waals surface area contributed by atoms with Crippen LogP contribution in [0.4, 0.5) is 44.3 Å². The van der Waals surface area contributed by atoms with Gasteiger partial charge >= 0.3 is 24.6 Å². The van der Waals surface area contributed by atoms with Gasteiger partial charge in [-0.25, -0.2) is 24.7 Å². The van der Waals surface area contributed by atoms with Gasteiger partial charge in [0.1, 0.15) is 17.4 Å². The lowest BCUT2D eigenvalue weighted by atomic mass is 10.1. The average Bonchev–Trinajstić information content (AvgIpc) is 3.35. The summed E-state index contributed by atoms with van der Waals surface area (Å²) >= 11 is 0. The van der Waals surface area contributed by atoms with Gasteiger partial charge in [0, 0.05) is 31.6 Å². The number of hydrogen-bond acceptors (Lipinski definition) is 7. The first-order chi connectivity index (χ1) is 19.0. The number of nitrogens with one attached hydrogen (secondary N) is 1. The van der Waals surface area contributed by atoms with Crippen LogP contribution in [0.1, 0.15) is 31.6 Å². The molecule has 1 N–H and O–H groups in total. The van der Waals surface area contributed by atoms with E-state index in [4.69, 9.17) is 9.47 Å². The van der Waals surface area contributed by atoms with Crippen molar-refractivity contribution in [3.8, 4) is 23.0 Å². The average molecular weight is 603 g/mol. The summed E-state index contributed by atoms with van der Waals surface area (Å²) in [6, 6.07) is -8.02. The summed E-state index contributed by atoms with van der Waals surface area (Å²) in [7, 11) is 2.43. The summed E-state index contributed by atoms with van der Waals surface area (Å²) in [4.78, 5) is 28.4.